The van der Waals surface area contributed by atoms with Crippen molar-refractivity contribution >= 4 is 23.2 Å². The fourth-order valence-corrected chi connectivity index (χ4v) is 3.45. The molecule has 0 amide bonds. The van der Waals surface area contributed by atoms with Gasteiger partial charge < -0.3 is 14.8 Å². The SMILES string of the molecule is Clc1ccc(COC2COC3(CCNCC3)C2)c(Cl)c1. The van der Waals surface area contributed by atoms with Gasteiger partial charge in [0.15, 0.2) is 0 Å². The maximum atomic E-state index is 6.15. The summed E-state index contributed by atoms with van der Waals surface area (Å²) in [4.78, 5) is 0. The van der Waals surface area contributed by atoms with E-state index in [0.717, 1.165) is 37.9 Å². The Morgan fingerprint density at radius 1 is 1.30 bits per heavy atom. The van der Waals surface area contributed by atoms with Gasteiger partial charge >= 0.3 is 0 Å². The Labute approximate surface area is 129 Å². The van der Waals surface area contributed by atoms with Crippen LogP contribution < -0.4 is 5.32 Å². The van der Waals surface area contributed by atoms with Crippen molar-refractivity contribution in [3.63, 3.8) is 0 Å². The van der Waals surface area contributed by atoms with Crippen molar-refractivity contribution in [2.75, 3.05) is 19.7 Å². The van der Waals surface area contributed by atoms with E-state index < -0.39 is 0 Å². The average molecular weight is 316 g/mol. The van der Waals surface area contributed by atoms with E-state index in [4.69, 9.17) is 32.7 Å². The number of hydrogen-bond donors (Lipinski definition) is 1. The summed E-state index contributed by atoms with van der Waals surface area (Å²) in [6, 6.07) is 5.51. The molecule has 0 bridgehead atoms. The van der Waals surface area contributed by atoms with Gasteiger partial charge in [-0.1, -0.05) is 29.3 Å². The quantitative estimate of drug-likeness (QED) is 0.927. The second kappa shape index (κ2) is 6.20. The molecule has 0 radical (unpaired) electrons. The van der Waals surface area contributed by atoms with Crippen molar-refractivity contribution in [3.05, 3.63) is 33.8 Å². The predicted octanol–water partition coefficient (Wildman–Crippen LogP) is 3.42. The molecule has 110 valence electrons. The predicted molar refractivity (Wildman–Crippen MR) is 80.4 cm³/mol. The Kier molecular flexibility index (Phi) is 4.53. The van der Waals surface area contributed by atoms with Gasteiger partial charge in [0, 0.05) is 16.5 Å². The molecule has 2 aliphatic heterocycles. The Balaban J connectivity index is 1.54. The third-order valence-corrected chi connectivity index (χ3v) is 4.77. The van der Waals surface area contributed by atoms with Crippen molar-refractivity contribution in [1.29, 1.82) is 0 Å². The van der Waals surface area contributed by atoms with E-state index in [1.807, 2.05) is 12.1 Å². The fourth-order valence-electron chi connectivity index (χ4n) is 2.99. The van der Waals surface area contributed by atoms with Crippen LogP contribution in [0.25, 0.3) is 0 Å². The number of benzene rings is 1. The van der Waals surface area contributed by atoms with E-state index in [1.54, 1.807) is 6.07 Å². The van der Waals surface area contributed by atoms with E-state index in [2.05, 4.69) is 5.32 Å². The molecule has 1 aromatic rings. The van der Waals surface area contributed by atoms with Crippen LogP contribution in [0, 0.1) is 0 Å². The molecule has 1 N–H and O–H groups in total. The number of ether oxygens (including phenoxy) is 2. The zero-order valence-corrected chi connectivity index (χ0v) is 12.8. The van der Waals surface area contributed by atoms with Crippen LogP contribution in [0.4, 0.5) is 0 Å². The summed E-state index contributed by atoms with van der Waals surface area (Å²) >= 11 is 12.0. The van der Waals surface area contributed by atoms with E-state index in [9.17, 15) is 0 Å². The third-order valence-electron chi connectivity index (χ3n) is 4.18. The molecule has 0 aliphatic carbocycles. The molecule has 1 unspecified atom stereocenters. The Hall–Kier alpha value is -0.320. The van der Waals surface area contributed by atoms with Crippen molar-refractivity contribution in [2.24, 2.45) is 0 Å². The van der Waals surface area contributed by atoms with Gasteiger partial charge in [-0.15, -0.1) is 0 Å². The highest BCUT2D eigenvalue weighted by molar-refractivity contribution is 6.35. The number of piperidine rings is 1. The molecule has 2 fully saturated rings. The fraction of sp³-hybridized carbons (Fsp3) is 0.600. The van der Waals surface area contributed by atoms with Gasteiger partial charge in [0.1, 0.15) is 0 Å². The molecule has 0 saturated carbocycles. The Morgan fingerprint density at radius 2 is 2.10 bits per heavy atom. The molecule has 0 aromatic heterocycles. The van der Waals surface area contributed by atoms with Gasteiger partial charge in [-0.2, -0.15) is 0 Å². The molecular formula is C15H19Cl2NO2. The Bertz CT molecular complexity index is 475. The number of nitrogens with one attached hydrogen (secondary N) is 1. The number of hydrogen-bond acceptors (Lipinski definition) is 3. The van der Waals surface area contributed by atoms with Crippen molar-refractivity contribution in [3.8, 4) is 0 Å². The lowest BCUT2D eigenvalue weighted by Crippen LogP contribution is -2.41. The molecule has 3 rings (SSSR count). The van der Waals surface area contributed by atoms with Crippen LogP contribution in [0.5, 0.6) is 0 Å². The average Bonchev–Trinajstić information content (AvgIpc) is 2.82. The summed E-state index contributed by atoms with van der Waals surface area (Å²) in [6.45, 7) is 3.27. The minimum Gasteiger partial charge on any atom is -0.372 e. The first-order valence-corrected chi connectivity index (χ1v) is 7.83. The van der Waals surface area contributed by atoms with Crippen LogP contribution in [-0.4, -0.2) is 31.4 Å². The van der Waals surface area contributed by atoms with E-state index >= 15 is 0 Å². The van der Waals surface area contributed by atoms with Crippen LogP contribution in [0.1, 0.15) is 24.8 Å². The second-order valence-electron chi connectivity index (χ2n) is 5.62. The normalized spacial score (nSPS) is 25.2. The summed E-state index contributed by atoms with van der Waals surface area (Å²) in [6.07, 6.45) is 3.31. The first-order chi connectivity index (χ1) is 9.67. The molecular weight excluding hydrogens is 297 g/mol. The highest BCUT2D eigenvalue weighted by atomic mass is 35.5. The van der Waals surface area contributed by atoms with E-state index in [1.165, 1.54) is 0 Å². The van der Waals surface area contributed by atoms with Crippen LogP contribution in [-0.2, 0) is 16.1 Å². The zero-order chi connectivity index (χ0) is 14.0. The monoisotopic (exact) mass is 315 g/mol. The van der Waals surface area contributed by atoms with Crippen molar-refractivity contribution < 1.29 is 9.47 Å². The van der Waals surface area contributed by atoms with Crippen LogP contribution >= 0.6 is 23.2 Å². The standard InChI is InChI=1S/C15H19Cl2NO2/c16-12-2-1-11(14(17)7-12)9-19-13-8-15(20-10-13)3-5-18-6-4-15/h1-2,7,13,18H,3-6,8-10H2. The summed E-state index contributed by atoms with van der Waals surface area (Å²) in [5, 5.41) is 4.68. The number of rotatable bonds is 3. The molecule has 20 heavy (non-hydrogen) atoms. The maximum absolute atomic E-state index is 6.15. The molecule has 5 heteroatoms. The highest BCUT2D eigenvalue weighted by Crippen LogP contribution is 2.35. The lowest BCUT2D eigenvalue weighted by molar-refractivity contribution is -0.0240. The van der Waals surface area contributed by atoms with Gasteiger partial charge in [0.25, 0.3) is 0 Å². The lowest BCUT2D eigenvalue weighted by Gasteiger charge is -2.32. The molecule has 2 saturated heterocycles. The topological polar surface area (TPSA) is 30.5 Å². The highest BCUT2D eigenvalue weighted by Gasteiger charge is 2.41. The third kappa shape index (κ3) is 3.29. The molecule has 2 aliphatic rings. The van der Waals surface area contributed by atoms with Gasteiger partial charge in [-0.05, 0) is 43.6 Å². The minimum absolute atomic E-state index is 0.0414. The first-order valence-electron chi connectivity index (χ1n) is 7.07. The molecule has 2 heterocycles. The Morgan fingerprint density at radius 3 is 2.85 bits per heavy atom. The lowest BCUT2D eigenvalue weighted by atomic mass is 9.89. The zero-order valence-electron chi connectivity index (χ0n) is 11.3. The smallest absolute Gasteiger partial charge is 0.0840 e. The van der Waals surface area contributed by atoms with Crippen molar-refractivity contribution in [1.82, 2.24) is 5.32 Å². The molecule has 3 nitrogen and oxygen atoms in total. The van der Waals surface area contributed by atoms with Gasteiger partial charge in [0.2, 0.25) is 0 Å². The summed E-state index contributed by atoms with van der Waals surface area (Å²) in [7, 11) is 0. The molecule has 1 atom stereocenters. The van der Waals surface area contributed by atoms with Gasteiger partial charge in [0.05, 0.1) is 24.9 Å². The van der Waals surface area contributed by atoms with E-state index in [0.29, 0.717) is 23.3 Å². The van der Waals surface area contributed by atoms with Gasteiger partial charge in [-0.3, -0.25) is 0 Å². The maximum Gasteiger partial charge on any atom is 0.0840 e. The number of halogens is 2. The van der Waals surface area contributed by atoms with Crippen LogP contribution in [0.2, 0.25) is 10.0 Å². The summed E-state index contributed by atoms with van der Waals surface area (Å²) in [5.41, 5.74) is 1.02. The van der Waals surface area contributed by atoms with Crippen LogP contribution in [0.3, 0.4) is 0 Å². The summed E-state index contributed by atoms with van der Waals surface area (Å²) in [5.74, 6) is 0. The van der Waals surface area contributed by atoms with Gasteiger partial charge in [-0.25, -0.2) is 0 Å². The minimum atomic E-state index is 0.0414. The second-order valence-corrected chi connectivity index (χ2v) is 6.46. The van der Waals surface area contributed by atoms with E-state index in [-0.39, 0.29) is 11.7 Å². The first kappa shape index (κ1) is 14.6. The van der Waals surface area contributed by atoms with Crippen LogP contribution in [0.15, 0.2) is 18.2 Å². The van der Waals surface area contributed by atoms with Crippen molar-refractivity contribution in [2.45, 2.75) is 37.6 Å². The molecule has 1 spiro atoms. The summed E-state index contributed by atoms with van der Waals surface area (Å²) < 4.78 is 12.0. The molecule has 1 aromatic carbocycles. The largest absolute Gasteiger partial charge is 0.372 e.